The van der Waals surface area contributed by atoms with Crippen LogP contribution in [0.2, 0.25) is 0 Å². The summed E-state index contributed by atoms with van der Waals surface area (Å²) in [6.45, 7) is 9.76. The summed E-state index contributed by atoms with van der Waals surface area (Å²) in [4.78, 5) is 23.8. The SMILES string of the molecule is C[C@H]1CN(C(=O)c2ccnc(N3CCN(C)CC3)c2)C[C@H](C)N1. The highest BCUT2D eigenvalue weighted by molar-refractivity contribution is 5.95. The van der Waals surface area contributed by atoms with Crippen LogP contribution in [0, 0.1) is 0 Å². The van der Waals surface area contributed by atoms with Crippen LogP contribution in [0.3, 0.4) is 0 Å². The van der Waals surface area contributed by atoms with Crippen molar-refractivity contribution >= 4 is 11.7 Å². The first kappa shape index (κ1) is 16.2. The topological polar surface area (TPSA) is 51.7 Å². The number of likely N-dealkylation sites (N-methyl/N-ethyl adjacent to an activating group) is 1. The Hall–Kier alpha value is -1.66. The van der Waals surface area contributed by atoms with E-state index in [1.54, 1.807) is 6.20 Å². The Bertz CT molecular complexity index is 546. The second kappa shape index (κ2) is 6.84. The minimum Gasteiger partial charge on any atom is -0.354 e. The first-order chi connectivity index (χ1) is 11.0. The molecule has 0 spiro atoms. The van der Waals surface area contributed by atoms with Crippen molar-refractivity contribution in [1.29, 1.82) is 0 Å². The van der Waals surface area contributed by atoms with Crippen molar-refractivity contribution in [3.8, 4) is 0 Å². The van der Waals surface area contributed by atoms with Crippen molar-refractivity contribution < 1.29 is 4.79 Å². The highest BCUT2D eigenvalue weighted by Gasteiger charge is 2.26. The van der Waals surface area contributed by atoms with Gasteiger partial charge in [-0.1, -0.05) is 0 Å². The van der Waals surface area contributed by atoms with Gasteiger partial charge in [-0.15, -0.1) is 0 Å². The molecule has 6 heteroatoms. The predicted molar refractivity (Wildman–Crippen MR) is 91.9 cm³/mol. The molecule has 0 unspecified atom stereocenters. The van der Waals surface area contributed by atoms with E-state index in [1.165, 1.54) is 0 Å². The molecule has 126 valence electrons. The molecule has 3 heterocycles. The van der Waals surface area contributed by atoms with Crippen molar-refractivity contribution in [2.24, 2.45) is 0 Å². The van der Waals surface area contributed by atoms with Gasteiger partial charge in [0.2, 0.25) is 0 Å². The molecule has 0 aliphatic carbocycles. The average Bonchev–Trinajstić information content (AvgIpc) is 2.54. The van der Waals surface area contributed by atoms with Crippen molar-refractivity contribution in [2.45, 2.75) is 25.9 Å². The van der Waals surface area contributed by atoms with E-state index >= 15 is 0 Å². The number of aromatic nitrogens is 1. The second-order valence-electron chi connectivity index (χ2n) is 6.87. The minimum absolute atomic E-state index is 0.114. The number of hydrogen-bond donors (Lipinski definition) is 1. The van der Waals surface area contributed by atoms with Gasteiger partial charge in [0, 0.05) is 63.1 Å². The summed E-state index contributed by atoms with van der Waals surface area (Å²) < 4.78 is 0. The van der Waals surface area contributed by atoms with Gasteiger partial charge < -0.3 is 20.0 Å². The third-order valence-electron chi connectivity index (χ3n) is 4.66. The third-order valence-corrected chi connectivity index (χ3v) is 4.66. The lowest BCUT2D eigenvalue weighted by Crippen LogP contribution is -2.55. The predicted octanol–water partition coefficient (Wildman–Crippen LogP) is 0.656. The number of rotatable bonds is 2. The van der Waals surface area contributed by atoms with E-state index < -0.39 is 0 Å². The van der Waals surface area contributed by atoms with E-state index in [2.05, 4.69) is 41.0 Å². The molecule has 2 saturated heterocycles. The standard InChI is InChI=1S/C17H27N5O/c1-13-11-22(12-14(2)19-13)17(23)15-4-5-18-16(10-15)21-8-6-20(3)7-9-21/h4-5,10,13-14,19H,6-9,11-12H2,1-3H3/t13-,14-/m0/s1. The zero-order valence-corrected chi connectivity index (χ0v) is 14.3. The number of carbonyl (C=O) groups excluding carboxylic acids is 1. The van der Waals surface area contributed by atoms with Crippen molar-refractivity contribution in [3.05, 3.63) is 23.9 Å². The Balaban J connectivity index is 1.72. The molecular formula is C17H27N5O. The highest BCUT2D eigenvalue weighted by Crippen LogP contribution is 2.17. The fourth-order valence-electron chi connectivity index (χ4n) is 3.44. The van der Waals surface area contributed by atoms with Gasteiger partial charge in [0.15, 0.2) is 0 Å². The van der Waals surface area contributed by atoms with Gasteiger partial charge >= 0.3 is 0 Å². The largest absolute Gasteiger partial charge is 0.354 e. The Labute approximate surface area is 138 Å². The Morgan fingerprint density at radius 3 is 2.48 bits per heavy atom. The lowest BCUT2D eigenvalue weighted by atomic mass is 10.1. The zero-order valence-electron chi connectivity index (χ0n) is 14.3. The van der Waals surface area contributed by atoms with E-state index in [9.17, 15) is 4.79 Å². The summed E-state index contributed by atoms with van der Waals surface area (Å²) in [6.07, 6.45) is 1.76. The fourth-order valence-corrected chi connectivity index (χ4v) is 3.44. The average molecular weight is 317 g/mol. The highest BCUT2D eigenvalue weighted by atomic mass is 16.2. The number of amides is 1. The molecule has 2 fully saturated rings. The molecule has 2 aliphatic heterocycles. The van der Waals surface area contributed by atoms with E-state index in [4.69, 9.17) is 0 Å². The lowest BCUT2D eigenvalue weighted by molar-refractivity contribution is 0.0673. The third kappa shape index (κ3) is 3.82. The number of hydrogen-bond acceptors (Lipinski definition) is 5. The Kier molecular flexibility index (Phi) is 4.82. The van der Waals surface area contributed by atoms with Crippen LogP contribution in [-0.2, 0) is 0 Å². The molecule has 0 bridgehead atoms. The number of piperazine rings is 2. The smallest absolute Gasteiger partial charge is 0.254 e. The van der Waals surface area contributed by atoms with Gasteiger partial charge in [-0.05, 0) is 33.0 Å². The van der Waals surface area contributed by atoms with Crippen LogP contribution >= 0.6 is 0 Å². The number of nitrogens with one attached hydrogen (secondary N) is 1. The number of pyridine rings is 1. The number of carbonyl (C=O) groups is 1. The summed E-state index contributed by atoms with van der Waals surface area (Å²) in [6, 6.07) is 4.45. The number of anilines is 1. The monoisotopic (exact) mass is 317 g/mol. The van der Waals surface area contributed by atoms with E-state index in [0.717, 1.165) is 50.6 Å². The molecule has 1 amide bonds. The maximum atomic E-state index is 12.8. The molecule has 1 N–H and O–H groups in total. The first-order valence-corrected chi connectivity index (χ1v) is 8.48. The Morgan fingerprint density at radius 2 is 1.83 bits per heavy atom. The van der Waals surface area contributed by atoms with Gasteiger partial charge in [-0.25, -0.2) is 4.98 Å². The van der Waals surface area contributed by atoms with E-state index in [-0.39, 0.29) is 5.91 Å². The molecule has 23 heavy (non-hydrogen) atoms. The molecule has 3 rings (SSSR count). The lowest BCUT2D eigenvalue weighted by Gasteiger charge is -2.36. The van der Waals surface area contributed by atoms with Crippen LogP contribution in [0.25, 0.3) is 0 Å². The van der Waals surface area contributed by atoms with Gasteiger partial charge in [-0.3, -0.25) is 4.79 Å². The van der Waals surface area contributed by atoms with E-state index in [0.29, 0.717) is 12.1 Å². The van der Waals surface area contributed by atoms with Crippen LogP contribution in [0.5, 0.6) is 0 Å². The Morgan fingerprint density at radius 1 is 1.17 bits per heavy atom. The van der Waals surface area contributed by atoms with Gasteiger partial charge in [0.25, 0.3) is 5.91 Å². The summed E-state index contributed by atoms with van der Waals surface area (Å²) in [5.74, 6) is 1.03. The van der Waals surface area contributed by atoms with Crippen LogP contribution in [0.4, 0.5) is 5.82 Å². The molecule has 0 aromatic carbocycles. The minimum atomic E-state index is 0.114. The first-order valence-electron chi connectivity index (χ1n) is 8.48. The van der Waals surface area contributed by atoms with Crippen LogP contribution in [-0.4, -0.2) is 79.1 Å². The summed E-state index contributed by atoms with van der Waals surface area (Å²) in [5.41, 5.74) is 0.746. The normalized spacial score (nSPS) is 26.4. The molecule has 6 nitrogen and oxygen atoms in total. The molecule has 0 saturated carbocycles. The molecule has 2 atom stereocenters. The van der Waals surface area contributed by atoms with Crippen molar-refractivity contribution in [3.63, 3.8) is 0 Å². The quantitative estimate of drug-likeness (QED) is 0.868. The molecular weight excluding hydrogens is 290 g/mol. The molecule has 0 radical (unpaired) electrons. The van der Waals surface area contributed by atoms with Crippen LogP contribution in [0.1, 0.15) is 24.2 Å². The van der Waals surface area contributed by atoms with E-state index in [1.807, 2.05) is 17.0 Å². The second-order valence-corrected chi connectivity index (χ2v) is 6.87. The maximum Gasteiger partial charge on any atom is 0.254 e. The molecule has 1 aromatic heterocycles. The van der Waals surface area contributed by atoms with Crippen molar-refractivity contribution in [2.75, 3.05) is 51.2 Å². The maximum absolute atomic E-state index is 12.8. The van der Waals surface area contributed by atoms with Gasteiger partial charge in [0.05, 0.1) is 0 Å². The van der Waals surface area contributed by atoms with Crippen LogP contribution in [0.15, 0.2) is 18.3 Å². The van der Waals surface area contributed by atoms with Crippen LogP contribution < -0.4 is 10.2 Å². The zero-order chi connectivity index (χ0) is 16.4. The number of nitrogens with zero attached hydrogens (tertiary/aromatic N) is 4. The summed E-state index contributed by atoms with van der Waals surface area (Å²) >= 11 is 0. The summed E-state index contributed by atoms with van der Waals surface area (Å²) in [5, 5.41) is 3.46. The fraction of sp³-hybridized carbons (Fsp3) is 0.647. The summed E-state index contributed by atoms with van der Waals surface area (Å²) in [7, 11) is 2.14. The molecule has 2 aliphatic rings. The van der Waals surface area contributed by atoms with Crippen molar-refractivity contribution in [1.82, 2.24) is 20.1 Å². The van der Waals surface area contributed by atoms with Gasteiger partial charge in [-0.2, -0.15) is 0 Å². The molecule has 1 aromatic rings. The van der Waals surface area contributed by atoms with Gasteiger partial charge in [0.1, 0.15) is 5.82 Å².